The lowest BCUT2D eigenvalue weighted by Crippen LogP contribution is -2.40. The van der Waals surface area contributed by atoms with Crippen molar-refractivity contribution < 1.29 is 17.9 Å². The van der Waals surface area contributed by atoms with Gasteiger partial charge in [-0.25, -0.2) is 18.1 Å². The Bertz CT molecular complexity index is 737. The van der Waals surface area contributed by atoms with Crippen molar-refractivity contribution >= 4 is 21.5 Å². The number of imidazole rings is 1. The summed E-state index contributed by atoms with van der Waals surface area (Å²) in [6.07, 6.45) is 1.31. The van der Waals surface area contributed by atoms with Crippen molar-refractivity contribution in [3.63, 3.8) is 0 Å². The molecular formula is C12H16N4O4S. The van der Waals surface area contributed by atoms with Crippen LogP contribution in [0.4, 0.5) is 5.82 Å². The largest absolute Gasteiger partial charge is 0.381 e. The third-order valence-corrected chi connectivity index (χ3v) is 4.61. The number of hydrogen-bond acceptors (Lipinski definition) is 6. The van der Waals surface area contributed by atoms with E-state index in [1.807, 2.05) is 0 Å². The molecule has 1 atom stereocenters. The quantitative estimate of drug-likeness (QED) is 0.796. The van der Waals surface area contributed by atoms with E-state index in [9.17, 15) is 8.42 Å². The van der Waals surface area contributed by atoms with Crippen LogP contribution in [0.3, 0.4) is 0 Å². The van der Waals surface area contributed by atoms with Gasteiger partial charge in [-0.15, -0.1) is 0 Å². The molecule has 0 aromatic carbocycles. The summed E-state index contributed by atoms with van der Waals surface area (Å²) in [4.78, 5) is 4.04. The van der Waals surface area contributed by atoms with Gasteiger partial charge in [-0.3, -0.25) is 4.40 Å². The SMILES string of the molecule is Nc1nc2ccccn2c1S(=O)(=O)NCC1COCCO1. The average Bonchev–Trinajstić information content (AvgIpc) is 2.83. The van der Waals surface area contributed by atoms with Gasteiger partial charge in [0, 0.05) is 12.7 Å². The van der Waals surface area contributed by atoms with E-state index in [2.05, 4.69) is 9.71 Å². The highest BCUT2D eigenvalue weighted by atomic mass is 32.2. The van der Waals surface area contributed by atoms with Gasteiger partial charge in [-0.2, -0.15) is 0 Å². The van der Waals surface area contributed by atoms with Crippen LogP contribution in [0.2, 0.25) is 0 Å². The van der Waals surface area contributed by atoms with Crippen LogP contribution in [0.25, 0.3) is 5.65 Å². The Labute approximate surface area is 121 Å². The minimum absolute atomic E-state index is 0.0329. The van der Waals surface area contributed by atoms with Crippen LogP contribution >= 0.6 is 0 Å². The number of ether oxygens (including phenoxy) is 2. The maximum absolute atomic E-state index is 12.4. The fourth-order valence-corrected chi connectivity index (χ4v) is 3.46. The molecular weight excluding hydrogens is 296 g/mol. The van der Waals surface area contributed by atoms with Crippen LogP contribution in [0.5, 0.6) is 0 Å². The Morgan fingerprint density at radius 3 is 3.05 bits per heavy atom. The van der Waals surface area contributed by atoms with Crippen LogP contribution in [0, 0.1) is 0 Å². The molecule has 1 aliphatic heterocycles. The highest BCUT2D eigenvalue weighted by Gasteiger charge is 2.25. The number of aromatic nitrogens is 2. The third kappa shape index (κ3) is 2.86. The number of sulfonamides is 1. The lowest BCUT2D eigenvalue weighted by Gasteiger charge is -2.22. The Morgan fingerprint density at radius 2 is 2.29 bits per heavy atom. The van der Waals surface area contributed by atoms with Gasteiger partial charge in [0.05, 0.1) is 25.9 Å². The molecule has 0 amide bonds. The molecule has 9 heteroatoms. The van der Waals surface area contributed by atoms with Gasteiger partial charge in [-0.1, -0.05) is 6.07 Å². The number of nitrogen functional groups attached to an aromatic ring is 1. The molecule has 3 heterocycles. The zero-order valence-corrected chi connectivity index (χ0v) is 12.0. The first-order chi connectivity index (χ1) is 10.1. The summed E-state index contributed by atoms with van der Waals surface area (Å²) in [5, 5.41) is -0.0603. The number of nitrogens with one attached hydrogen (secondary N) is 1. The molecule has 3 rings (SSSR count). The van der Waals surface area contributed by atoms with Gasteiger partial charge in [0.1, 0.15) is 5.65 Å². The maximum atomic E-state index is 12.4. The zero-order valence-electron chi connectivity index (χ0n) is 11.2. The lowest BCUT2D eigenvalue weighted by atomic mass is 10.3. The summed E-state index contributed by atoms with van der Waals surface area (Å²) in [7, 11) is -3.78. The second-order valence-corrected chi connectivity index (χ2v) is 6.33. The van der Waals surface area contributed by atoms with E-state index in [-0.39, 0.29) is 23.5 Å². The average molecular weight is 312 g/mol. The lowest BCUT2D eigenvalue weighted by molar-refractivity contribution is -0.0847. The van der Waals surface area contributed by atoms with Crippen molar-refractivity contribution in [3.05, 3.63) is 24.4 Å². The Hall–Kier alpha value is -1.68. The maximum Gasteiger partial charge on any atom is 0.260 e. The first-order valence-corrected chi connectivity index (χ1v) is 7.98. The molecule has 8 nitrogen and oxygen atoms in total. The molecule has 1 aliphatic rings. The fraction of sp³-hybridized carbons (Fsp3) is 0.417. The molecule has 0 bridgehead atoms. The van der Waals surface area contributed by atoms with Crippen molar-refractivity contribution in [2.45, 2.75) is 11.1 Å². The van der Waals surface area contributed by atoms with Crippen molar-refractivity contribution in [1.82, 2.24) is 14.1 Å². The number of pyridine rings is 1. The number of nitrogens with two attached hydrogens (primary N) is 1. The van der Waals surface area contributed by atoms with Gasteiger partial charge >= 0.3 is 0 Å². The molecule has 114 valence electrons. The molecule has 2 aromatic heterocycles. The molecule has 1 saturated heterocycles. The first-order valence-electron chi connectivity index (χ1n) is 6.49. The molecule has 1 unspecified atom stereocenters. The summed E-state index contributed by atoms with van der Waals surface area (Å²) in [5.41, 5.74) is 6.22. The van der Waals surface area contributed by atoms with Crippen LogP contribution in [0.15, 0.2) is 29.4 Å². The smallest absolute Gasteiger partial charge is 0.260 e. The van der Waals surface area contributed by atoms with Crippen molar-refractivity contribution in [2.75, 3.05) is 32.1 Å². The zero-order chi connectivity index (χ0) is 14.9. The molecule has 1 fully saturated rings. The second-order valence-electron chi connectivity index (χ2n) is 4.65. The summed E-state index contributed by atoms with van der Waals surface area (Å²) in [6.45, 7) is 1.49. The molecule has 2 aromatic rings. The standard InChI is InChI=1S/C12H16N4O4S/c13-11-12(16-4-2-1-3-10(16)15-11)21(17,18)14-7-9-8-19-5-6-20-9/h1-4,9,14H,5-8,13H2. The third-order valence-electron chi connectivity index (χ3n) is 3.15. The second kappa shape index (κ2) is 5.60. The summed E-state index contributed by atoms with van der Waals surface area (Å²) < 4.78 is 39.4. The molecule has 21 heavy (non-hydrogen) atoms. The Kier molecular flexibility index (Phi) is 3.81. The number of anilines is 1. The van der Waals surface area contributed by atoms with E-state index in [1.165, 1.54) is 4.40 Å². The summed E-state index contributed by atoms with van der Waals surface area (Å²) >= 11 is 0. The molecule has 0 saturated carbocycles. The number of fused-ring (bicyclic) bond motifs is 1. The van der Waals surface area contributed by atoms with Crippen LogP contribution in [-0.4, -0.2) is 50.3 Å². The monoisotopic (exact) mass is 312 g/mol. The van der Waals surface area contributed by atoms with E-state index in [1.54, 1.807) is 24.4 Å². The highest BCUT2D eigenvalue weighted by molar-refractivity contribution is 7.89. The van der Waals surface area contributed by atoms with E-state index >= 15 is 0 Å². The van der Waals surface area contributed by atoms with Crippen molar-refractivity contribution in [3.8, 4) is 0 Å². The molecule has 0 aliphatic carbocycles. The van der Waals surface area contributed by atoms with Gasteiger partial charge in [0.15, 0.2) is 10.8 Å². The summed E-state index contributed by atoms with van der Waals surface area (Å²) in [6, 6.07) is 5.16. The first kappa shape index (κ1) is 14.3. The Morgan fingerprint density at radius 1 is 1.43 bits per heavy atom. The van der Waals surface area contributed by atoms with Gasteiger partial charge < -0.3 is 15.2 Å². The van der Waals surface area contributed by atoms with E-state index < -0.39 is 10.0 Å². The van der Waals surface area contributed by atoms with Crippen molar-refractivity contribution in [1.29, 1.82) is 0 Å². The van der Waals surface area contributed by atoms with Crippen LogP contribution < -0.4 is 10.5 Å². The number of hydrogen-bond donors (Lipinski definition) is 2. The fourth-order valence-electron chi connectivity index (χ4n) is 2.18. The van der Waals surface area contributed by atoms with Crippen molar-refractivity contribution in [2.24, 2.45) is 0 Å². The van der Waals surface area contributed by atoms with Crippen LogP contribution in [-0.2, 0) is 19.5 Å². The molecule has 0 spiro atoms. The van der Waals surface area contributed by atoms with E-state index in [0.717, 1.165) is 0 Å². The number of nitrogens with zero attached hydrogens (tertiary/aromatic N) is 2. The Balaban J connectivity index is 1.84. The highest BCUT2D eigenvalue weighted by Crippen LogP contribution is 2.19. The predicted molar refractivity (Wildman–Crippen MR) is 75.4 cm³/mol. The minimum Gasteiger partial charge on any atom is -0.381 e. The summed E-state index contributed by atoms with van der Waals surface area (Å²) in [5.74, 6) is -0.0329. The minimum atomic E-state index is -3.78. The van der Waals surface area contributed by atoms with E-state index in [0.29, 0.717) is 25.5 Å². The van der Waals surface area contributed by atoms with E-state index in [4.69, 9.17) is 15.2 Å². The predicted octanol–water partition coefficient (Wildman–Crippen LogP) is -0.390. The van der Waals surface area contributed by atoms with Gasteiger partial charge in [0.2, 0.25) is 0 Å². The van der Waals surface area contributed by atoms with Gasteiger partial charge in [0.25, 0.3) is 10.0 Å². The molecule has 0 radical (unpaired) electrons. The number of rotatable bonds is 4. The van der Waals surface area contributed by atoms with Crippen LogP contribution in [0.1, 0.15) is 0 Å². The topological polar surface area (TPSA) is 108 Å². The normalized spacial score (nSPS) is 19.9. The van der Waals surface area contributed by atoms with Gasteiger partial charge in [-0.05, 0) is 12.1 Å². The molecule has 3 N–H and O–H groups in total.